The van der Waals surface area contributed by atoms with E-state index in [-0.39, 0.29) is 11.7 Å². The fraction of sp³-hybridized carbons (Fsp3) is 0.227. The summed E-state index contributed by atoms with van der Waals surface area (Å²) in [6.45, 7) is 2.13. The highest BCUT2D eigenvalue weighted by molar-refractivity contribution is 7.13. The van der Waals surface area contributed by atoms with Gasteiger partial charge in [-0.1, -0.05) is 35.5 Å². The summed E-state index contributed by atoms with van der Waals surface area (Å²) >= 11 is 1.44. The second kappa shape index (κ2) is 8.86. The molecule has 1 aliphatic heterocycles. The molecular weight excluding hydrogens is 469 g/mol. The predicted molar refractivity (Wildman–Crippen MR) is 118 cm³/mol. The van der Waals surface area contributed by atoms with Crippen molar-refractivity contribution in [2.45, 2.75) is 6.18 Å². The summed E-state index contributed by atoms with van der Waals surface area (Å²) in [5, 5.41) is 5.94. The number of carbonyl (C=O) groups excluding carboxylic acids is 1. The van der Waals surface area contributed by atoms with Gasteiger partial charge in [0.2, 0.25) is 5.82 Å². The van der Waals surface area contributed by atoms with Crippen molar-refractivity contribution >= 4 is 23.1 Å². The highest BCUT2D eigenvalue weighted by Crippen LogP contribution is 2.29. The summed E-state index contributed by atoms with van der Waals surface area (Å²) in [5.41, 5.74) is 1.72. The Balaban J connectivity index is 1.20. The zero-order valence-electron chi connectivity index (χ0n) is 17.6. The maximum atomic E-state index is 12.9. The van der Waals surface area contributed by atoms with Crippen LogP contribution in [0.1, 0.15) is 16.4 Å². The van der Waals surface area contributed by atoms with Crippen molar-refractivity contribution in [2.75, 3.05) is 31.1 Å². The van der Waals surface area contributed by atoms with Crippen LogP contribution in [0.25, 0.3) is 22.0 Å². The van der Waals surface area contributed by atoms with E-state index in [1.807, 2.05) is 35.2 Å². The van der Waals surface area contributed by atoms with Gasteiger partial charge in [0.25, 0.3) is 5.91 Å². The van der Waals surface area contributed by atoms with Crippen molar-refractivity contribution in [3.63, 3.8) is 0 Å². The number of carbonyl (C=O) groups is 1. The second-order valence-electron chi connectivity index (χ2n) is 7.51. The van der Waals surface area contributed by atoms with Crippen LogP contribution in [0.15, 0.2) is 58.6 Å². The van der Waals surface area contributed by atoms with Gasteiger partial charge in [-0.25, -0.2) is 9.97 Å². The number of rotatable bonds is 4. The predicted octanol–water partition coefficient (Wildman–Crippen LogP) is 4.24. The molecule has 12 heteroatoms. The molecule has 1 aromatic carbocycles. The SMILES string of the molecule is O=C(c1csc(-c2ccccc2)n1)N1CCN(c2ccc(-c3noc(C(F)(F)F)n3)cn2)CC1. The number of aromatic nitrogens is 4. The summed E-state index contributed by atoms with van der Waals surface area (Å²) in [5.74, 6) is -1.04. The van der Waals surface area contributed by atoms with Crippen LogP contribution in [-0.2, 0) is 6.18 Å². The standard InChI is InChI=1S/C22H17F3N6O2S/c23-22(24,25)21-28-18(29-33-21)15-6-7-17(26-12-15)30-8-10-31(11-9-30)20(32)16-13-34-19(27-16)14-4-2-1-3-5-14/h1-7,12-13H,8-11H2. The lowest BCUT2D eigenvalue weighted by molar-refractivity contribution is -0.159. The third-order valence-corrected chi connectivity index (χ3v) is 6.20. The number of nitrogens with zero attached hydrogens (tertiary/aromatic N) is 6. The minimum Gasteiger partial charge on any atom is -0.353 e. The highest BCUT2D eigenvalue weighted by atomic mass is 32.1. The molecule has 1 saturated heterocycles. The smallest absolute Gasteiger partial charge is 0.353 e. The van der Waals surface area contributed by atoms with Gasteiger partial charge in [-0.05, 0) is 12.1 Å². The normalized spacial score (nSPS) is 14.4. The number of thiazole rings is 1. The first-order valence-electron chi connectivity index (χ1n) is 10.3. The molecule has 4 aromatic rings. The number of amides is 1. The van der Waals surface area contributed by atoms with E-state index in [9.17, 15) is 18.0 Å². The number of hydrogen-bond donors (Lipinski definition) is 0. The molecule has 174 valence electrons. The first-order chi connectivity index (χ1) is 16.4. The fourth-order valence-electron chi connectivity index (χ4n) is 3.55. The Morgan fingerprint density at radius 3 is 2.38 bits per heavy atom. The van der Waals surface area contributed by atoms with Gasteiger partial charge in [-0.2, -0.15) is 18.2 Å². The van der Waals surface area contributed by atoms with E-state index in [4.69, 9.17) is 0 Å². The van der Waals surface area contributed by atoms with Gasteiger partial charge in [-0.15, -0.1) is 11.3 Å². The van der Waals surface area contributed by atoms with Crippen molar-refractivity contribution in [1.82, 2.24) is 25.0 Å². The summed E-state index contributed by atoms with van der Waals surface area (Å²) < 4.78 is 42.2. The number of halogens is 3. The molecule has 8 nitrogen and oxygen atoms in total. The minimum atomic E-state index is -4.70. The van der Waals surface area contributed by atoms with Crippen LogP contribution in [-0.4, -0.2) is 57.1 Å². The van der Waals surface area contributed by atoms with Gasteiger partial charge < -0.3 is 14.3 Å². The Morgan fingerprint density at radius 2 is 1.74 bits per heavy atom. The van der Waals surface area contributed by atoms with Gasteiger partial charge in [0, 0.05) is 48.9 Å². The third kappa shape index (κ3) is 4.49. The molecule has 34 heavy (non-hydrogen) atoms. The van der Waals surface area contributed by atoms with Crippen molar-refractivity contribution in [1.29, 1.82) is 0 Å². The van der Waals surface area contributed by atoms with E-state index >= 15 is 0 Å². The molecular formula is C22H17F3N6O2S. The number of alkyl halides is 3. The quantitative estimate of drug-likeness (QED) is 0.426. The van der Waals surface area contributed by atoms with Gasteiger partial charge in [0.15, 0.2) is 0 Å². The molecule has 0 spiro atoms. The molecule has 0 atom stereocenters. The first kappa shape index (κ1) is 22.0. The zero-order chi connectivity index (χ0) is 23.7. The van der Waals surface area contributed by atoms with E-state index in [1.165, 1.54) is 17.5 Å². The monoisotopic (exact) mass is 486 g/mol. The number of anilines is 1. The Hall–Kier alpha value is -3.80. The highest BCUT2D eigenvalue weighted by Gasteiger charge is 2.38. The van der Waals surface area contributed by atoms with Gasteiger partial charge >= 0.3 is 12.1 Å². The molecule has 1 fully saturated rings. The first-order valence-corrected chi connectivity index (χ1v) is 11.2. The van der Waals surface area contributed by atoms with Gasteiger partial charge in [-0.3, -0.25) is 4.79 Å². The molecule has 0 saturated carbocycles. The molecule has 0 N–H and O–H groups in total. The molecule has 0 bridgehead atoms. The average molecular weight is 486 g/mol. The van der Waals surface area contributed by atoms with E-state index in [2.05, 4.69) is 24.6 Å². The molecule has 1 aliphatic rings. The van der Waals surface area contributed by atoms with Gasteiger partial charge in [0.1, 0.15) is 16.5 Å². The Bertz CT molecular complexity index is 1280. The van der Waals surface area contributed by atoms with E-state index in [0.717, 1.165) is 10.6 Å². The van der Waals surface area contributed by atoms with Crippen molar-refractivity contribution in [3.05, 3.63) is 65.6 Å². The van der Waals surface area contributed by atoms with Gasteiger partial charge in [0.05, 0.1) is 0 Å². The molecule has 0 unspecified atom stereocenters. The van der Waals surface area contributed by atoms with Crippen LogP contribution in [0.4, 0.5) is 19.0 Å². The summed E-state index contributed by atoms with van der Waals surface area (Å²) in [6, 6.07) is 13.0. The van der Waals surface area contributed by atoms with Crippen LogP contribution in [0.2, 0.25) is 0 Å². The Morgan fingerprint density at radius 1 is 0.971 bits per heavy atom. The lowest BCUT2D eigenvalue weighted by Crippen LogP contribution is -2.49. The molecule has 3 aromatic heterocycles. The van der Waals surface area contributed by atoms with Crippen LogP contribution in [0.5, 0.6) is 0 Å². The molecule has 0 radical (unpaired) electrons. The summed E-state index contributed by atoms with van der Waals surface area (Å²) in [4.78, 5) is 28.8. The molecule has 5 rings (SSSR count). The minimum absolute atomic E-state index is 0.112. The number of benzene rings is 1. The maximum absolute atomic E-state index is 12.9. The molecule has 0 aliphatic carbocycles. The van der Waals surface area contributed by atoms with Crippen molar-refractivity contribution in [3.8, 4) is 22.0 Å². The molecule has 4 heterocycles. The van der Waals surface area contributed by atoms with Crippen molar-refractivity contribution in [2.24, 2.45) is 0 Å². The summed E-state index contributed by atoms with van der Waals surface area (Å²) in [6.07, 6.45) is -3.30. The third-order valence-electron chi connectivity index (χ3n) is 5.31. The van der Waals surface area contributed by atoms with Crippen molar-refractivity contribution < 1.29 is 22.5 Å². The second-order valence-corrected chi connectivity index (χ2v) is 8.37. The van der Waals surface area contributed by atoms with Crippen LogP contribution in [0, 0.1) is 0 Å². The Kier molecular flexibility index (Phi) is 5.74. The Labute approximate surface area is 195 Å². The summed E-state index contributed by atoms with van der Waals surface area (Å²) in [7, 11) is 0. The largest absolute Gasteiger partial charge is 0.471 e. The number of pyridine rings is 1. The topological polar surface area (TPSA) is 88.3 Å². The van der Waals surface area contributed by atoms with E-state index in [0.29, 0.717) is 43.3 Å². The van der Waals surface area contributed by atoms with Crippen LogP contribution < -0.4 is 4.90 Å². The zero-order valence-corrected chi connectivity index (χ0v) is 18.4. The number of piperazine rings is 1. The lowest BCUT2D eigenvalue weighted by atomic mass is 10.2. The van der Waals surface area contributed by atoms with Crippen LogP contribution in [0.3, 0.4) is 0 Å². The lowest BCUT2D eigenvalue weighted by Gasteiger charge is -2.35. The fourth-order valence-corrected chi connectivity index (χ4v) is 4.35. The average Bonchev–Trinajstić information content (AvgIpc) is 3.55. The van der Waals surface area contributed by atoms with E-state index in [1.54, 1.807) is 22.4 Å². The maximum Gasteiger partial charge on any atom is 0.471 e. The molecule has 1 amide bonds. The number of hydrogen-bond acceptors (Lipinski definition) is 8. The van der Waals surface area contributed by atoms with Crippen LogP contribution >= 0.6 is 11.3 Å². The van der Waals surface area contributed by atoms with E-state index < -0.39 is 12.1 Å².